The fourth-order valence-corrected chi connectivity index (χ4v) is 4.18. The second-order valence-corrected chi connectivity index (χ2v) is 8.13. The van der Waals surface area contributed by atoms with Crippen LogP contribution in [0.15, 0.2) is 54.6 Å². The highest BCUT2D eigenvalue weighted by Crippen LogP contribution is 2.34. The van der Waals surface area contributed by atoms with Crippen molar-refractivity contribution in [3.63, 3.8) is 0 Å². The predicted molar refractivity (Wildman–Crippen MR) is 119 cm³/mol. The molecule has 5 heteroatoms. The van der Waals surface area contributed by atoms with E-state index >= 15 is 0 Å². The Labute approximate surface area is 182 Å². The van der Waals surface area contributed by atoms with Gasteiger partial charge in [0.1, 0.15) is 0 Å². The molecule has 1 aliphatic heterocycles. The Kier molecular flexibility index (Phi) is 5.59. The molecule has 1 heterocycles. The number of nitrogens with zero attached hydrogens (tertiary/aromatic N) is 1. The van der Waals surface area contributed by atoms with Gasteiger partial charge in [-0.25, -0.2) is 4.79 Å². The lowest BCUT2D eigenvalue weighted by Gasteiger charge is -2.13. The first-order chi connectivity index (χ1) is 14.9. The maximum absolute atomic E-state index is 12.6. The highest BCUT2D eigenvalue weighted by Gasteiger charge is 2.34. The molecule has 2 aliphatic carbocycles. The Hall–Kier alpha value is -3.47. The van der Waals surface area contributed by atoms with Crippen LogP contribution < -0.4 is 0 Å². The van der Waals surface area contributed by atoms with Gasteiger partial charge in [-0.15, -0.1) is 0 Å². The average Bonchev–Trinajstić information content (AvgIpc) is 3.11. The van der Waals surface area contributed by atoms with Gasteiger partial charge < -0.3 is 4.74 Å². The van der Waals surface area contributed by atoms with E-state index in [1.54, 1.807) is 24.3 Å². The maximum Gasteiger partial charge on any atom is 0.338 e. The number of fused-ring (bicyclic) bond motifs is 2. The van der Waals surface area contributed by atoms with Crippen LogP contribution in [-0.4, -0.2) is 36.3 Å². The number of esters is 1. The van der Waals surface area contributed by atoms with Crippen molar-refractivity contribution in [3.8, 4) is 11.1 Å². The molecule has 0 N–H and O–H groups in total. The number of hydrogen-bond acceptors (Lipinski definition) is 4. The monoisotopic (exact) mass is 415 g/mol. The molecule has 0 saturated heterocycles. The van der Waals surface area contributed by atoms with Gasteiger partial charge in [0.15, 0.2) is 0 Å². The quantitative estimate of drug-likeness (QED) is 0.423. The highest BCUT2D eigenvalue weighted by molar-refractivity contribution is 6.21. The molecule has 0 saturated carbocycles. The van der Waals surface area contributed by atoms with E-state index < -0.39 is 0 Å². The number of amides is 2. The number of benzene rings is 1. The summed E-state index contributed by atoms with van der Waals surface area (Å²) >= 11 is 0. The molecule has 0 radical (unpaired) electrons. The summed E-state index contributed by atoms with van der Waals surface area (Å²) in [5.74, 6) is -0.475. The molecular formula is C26H25NO4. The summed E-state index contributed by atoms with van der Waals surface area (Å²) in [6.07, 6.45) is 1.25. The summed E-state index contributed by atoms with van der Waals surface area (Å²) in [4.78, 5) is 38.8. The topological polar surface area (TPSA) is 63.7 Å². The molecule has 2 amide bonds. The van der Waals surface area contributed by atoms with Gasteiger partial charge in [-0.2, -0.15) is 0 Å². The summed E-state index contributed by atoms with van der Waals surface area (Å²) in [5.41, 5.74) is 5.52. The van der Waals surface area contributed by atoms with Gasteiger partial charge in [-0.05, 0) is 59.2 Å². The van der Waals surface area contributed by atoms with Crippen molar-refractivity contribution in [1.29, 1.82) is 0 Å². The maximum atomic E-state index is 12.6. The first-order valence-electron chi connectivity index (χ1n) is 10.5. The summed E-state index contributed by atoms with van der Waals surface area (Å²) in [7, 11) is 1.38. The molecule has 4 rings (SSSR count). The number of imide groups is 1. The summed E-state index contributed by atoms with van der Waals surface area (Å²) in [5, 5.41) is 0. The van der Waals surface area contributed by atoms with Crippen molar-refractivity contribution in [1.82, 2.24) is 4.90 Å². The number of carbonyl (C=O) groups is 3. The Balaban J connectivity index is 1.57. The zero-order chi connectivity index (χ0) is 22.1. The van der Waals surface area contributed by atoms with E-state index in [9.17, 15) is 14.4 Å². The minimum atomic E-state index is -0.367. The first kappa shape index (κ1) is 20.8. The molecule has 0 spiro atoms. The van der Waals surface area contributed by atoms with Gasteiger partial charge >= 0.3 is 5.97 Å². The third-order valence-corrected chi connectivity index (χ3v) is 5.91. The average molecular weight is 415 g/mol. The lowest BCUT2D eigenvalue weighted by atomic mass is 10.0. The SMILES string of the molecule is COC(=O)c1cc(CCCN2C(=O)c3ccccc3C2=O)c2ccc(C(C)C)ccc1-2. The van der Waals surface area contributed by atoms with E-state index in [0.29, 0.717) is 42.0 Å². The number of carbonyl (C=O) groups excluding carboxylic acids is 3. The number of methoxy groups -OCH3 is 1. The first-order valence-corrected chi connectivity index (χ1v) is 10.5. The predicted octanol–water partition coefficient (Wildman–Crippen LogP) is 4.93. The minimum Gasteiger partial charge on any atom is -0.465 e. The Morgan fingerprint density at radius 1 is 0.903 bits per heavy atom. The number of ether oxygens (including phenoxy) is 1. The Morgan fingerprint density at radius 2 is 1.52 bits per heavy atom. The Bertz CT molecular complexity index is 1110. The van der Waals surface area contributed by atoms with Gasteiger partial charge in [-0.1, -0.05) is 50.2 Å². The van der Waals surface area contributed by atoms with Crippen molar-refractivity contribution in [2.75, 3.05) is 13.7 Å². The van der Waals surface area contributed by atoms with E-state index in [4.69, 9.17) is 4.74 Å². The summed E-state index contributed by atoms with van der Waals surface area (Å²) in [6.45, 7) is 4.59. The second kappa shape index (κ2) is 8.34. The van der Waals surface area contributed by atoms with Gasteiger partial charge in [0, 0.05) is 6.54 Å². The molecule has 158 valence electrons. The van der Waals surface area contributed by atoms with Crippen molar-refractivity contribution >= 4 is 17.8 Å². The van der Waals surface area contributed by atoms with Crippen LogP contribution in [0.25, 0.3) is 11.1 Å². The van der Waals surface area contributed by atoms with Crippen LogP contribution in [0, 0.1) is 0 Å². The molecule has 0 bridgehead atoms. The molecular weight excluding hydrogens is 390 g/mol. The number of hydrogen-bond donors (Lipinski definition) is 0. The van der Waals surface area contributed by atoms with Crippen molar-refractivity contribution < 1.29 is 19.1 Å². The largest absolute Gasteiger partial charge is 0.465 e. The highest BCUT2D eigenvalue weighted by atomic mass is 16.5. The molecule has 0 fully saturated rings. The van der Waals surface area contributed by atoms with Crippen molar-refractivity contribution in [2.45, 2.75) is 32.6 Å². The minimum absolute atomic E-state index is 0.240. The summed E-state index contributed by atoms with van der Waals surface area (Å²) in [6, 6.07) is 16.9. The second-order valence-electron chi connectivity index (χ2n) is 8.13. The molecule has 0 aromatic heterocycles. The zero-order valence-corrected chi connectivity index (χ0v) is 18.0. The summed E-state index contributed by atoms with van der Waals surface area (Å²) < 4.78 is 4.98. The molecule has 31 heavy (non-hydrogen) atoms. The fourth-order valence-electron chi connectivity index (χ4n) is 4.18. The molecule has 1 aromatic carbocycles. The normalized spacial score (nSPS) is 13.2. The molecule has 3 aliphatic rings. The van der Waals surface area contributed by atoms with Gasteiger partial charge in [0.05, 0.1) is 23.8 Å². The lowest BCUT2D eigenvalue weighted by Crippen LogP contribution is -2.30. The van der Waals surface area contributed by atoms with Crippen LogP contribution in [0.2, 0.25) is 0 Å². The van der Waals surface area contributed by atoms with Crippen molar-refractivity contribution in [2.24, 2.45) is 0 Å². The molecule has 1 aromatic rings. The van der Waals surface area contributed by atoms with Gasteiger partial charge in [0.25, 0.3) is 11.8 Å². The third-order valence-electron chi connectivity index (χ3n) is 5.91. The van der Waals surface area contributed by atoms with Crippen LogP contribution in [0.5, 0.6) is 0 Å². The van der Waals surface area contributed by atoms with Crippen LogP contribution in [-0.2, 0) is 11.2 Å². The molecule has 0 unspecified atom stereocenters. The van der Waals surface area contributed by atoms with Crippen LogP contribution in [0.1, 0.15) is 68.4 Å². The van der Waals surface area contributed by atoms with E-state index in [0.717, 1.165) is 16.7 Å². The van der Waals surface area contributed by atoms with Crippen LogP contribution in [0.4, 0.5) is 0 Å². The molecule has 0 atom stereocenters. The van der Waals surface area contributed by atoms with E-state index in [1.165, 1.54) is 17.6 Å². The van der Waals surface area contributed by atoms with E-state index in [2.05, 4.69) is 26.0 Å². The fraction of sp³-hybridized carbons (Fsp3) is 0.269. The number of rotatable bonds is 6. The molecule has 5 nitrogen and oxygen atoms in total. The van der Waals surface area contributed by atoms with Crippen LogP contribution >= 0.6 is 0 Å². The number of aryl methyl sites for hydroxylation is 1. The van der Waals surface area contributed by atoms with Crippen LogP contribution in [0.3, 0.4) is 0 Å². The Morgan fingerprint density at radius 3 is 2.10 bits per heavy atom. The zero-order valence-electron chi connectivity index (χ0n) is 18.0. The van der Waals surface area contributed by atoms with Gasteiger partial charge in [0.2, 0.25) is 0 Å². The van der Waals surface area contributed by atoms with E-state index in [-0.39, 0.29) is 17.8 Å². The lowest BCUT2D eigenvalue weighted by molar-refractivity contribution is 0.0599. The van der Waals surface area contributed by atoms with Crippen molar-refractivity contribution in [3.05, 3.63) is 82.4 Å². The van der Waals surface area contributed by atoms with Gasteiger partial charge in [-0.3, -0.25) is 14.5 Å². The standard InChI is InChI=1S/C26H25NO4/c1-16(2)17-10-12-19-18(15-23(26(30)31-3)20(19)13-11-17)7-6-14-27-24(28)21-8-4-5-9-22(21)25(27)29/h4-5,8-13,15-16H,6-7,14H2,1-3H3. The third kappa shape index (κ3) is 3.72. The smallest absolute Gasteiger partial charge is 0.338 e. The van der Waals surface area contributed by atoms with E-state index in [1.807, 2.05) is 18.2 Å².